The Morgan fingerprint density at radius 2 is 0.614 bits per heavy atom. The van der Waals surface area contributed by atoms with Gasteiger partial charge in [-0.25, -0.2) is 0 Å². The summed E-state index contributed by atoms with van der Waals surface area (Å²) >= 11 is 0. The van der Waals surface area contributed by atoms with Crippen LogP contribution in [0, 0.1) is 49.2 Å². The average Bonchev–Trinajstić information content (AvgIpc) is 2.61. The molecule has 0 heteroatoms. The maximum atomic E-state index is 2.29. The van der Waals surface area contributed by atoms with Crippen LogP contribution in [-0.2, 0) is 6.42 Å². The van der Waals surface area contributed by atoms with Gasteiger partial charge in [0.1, 0.15) is 0 Å². The van der Waals surface area contributed by atoms with E-state index >= 15 is 0 Å². The van der Waals surface area contributed by atoms with Gasteiger partial charge < -0.3 is 0 Å². The Hall–Kier alpha value is -0.780. The van der Waals surface area contributed by atoms with Crippen molar-refractivity contribution in [3.8, 4) is 0 Å². The molecule has 0 saturated heterocycles. The molecule has 266 valence electrons. The van der Waals surface area contributed by atoms with Crippen LogP contribution in [0.1, 0.15) is 198 Å². The van der Waals surface area contributed by atoms with Crippen molar-refractivity contribution in [2.24, 2.45) is 49.2 Å². The molecule has 0 aliphatic rings. The van der Waals surface area contributed by atoms with Gasteiger partial charge >= 0.3 is 0 Å². The van der Waals surface area contributed by atoms with Gasteiger partial charge in [0.2, 0.25) is 0 Å². The van der Waals surface area contributed by atoms with E-state index in [9.17, 15) is 0 Å². The summed E-state index contributed by atoms with van der Waals surface area (Å²) in [5, 5.41) is 0. The van der Waals surface area contributed by atoms with Crippen LogP contribution in [0.4, 0.5) is 0 Å². The van der Waals surface area contributed by atoms with Crippen molar-refractivity contribution in [1.29, 1.82) is 0 Å². The Labute approximate surface area is 283 Å². The standard InChI is InChI=1S/C11H16.2C9H20.C8H18.C7H16/c1-11(2,3)9-10-7-5-4-6-8-10;2*1-8(2,3)7-9(4,5)6;1-7(2,3)8(4,5)6;1-6(2)7(3,4)5/h4-8H,9H2,1-3H3;2*7H2,1-6H3;1-6H3;6H,1-5H3. The van der Waals surface area contributed by atoms with E-state index in [2.05, 4.69) is 210 Å². The third-order valence-corrected chi connectivity index (χ3v) is 7.68. The van der Waals surface area contributed by atoms with E-state index < -0.39 is 0 Å². The smallest absolute Gasteiger partial charge is 0.0230 e. The molecule has 1 aromatic rings. The van der Waals surface area contributed by atoms with Gasteiger partial charge in [0, 0.05) is 0 Å². The molecule has 1 aromatic carbocycles. The quantitative estimate of drug-likeness (QED) is 0.294. The van der Waals surface area contributed by atoms with E-state index in [1.54, 1.807) is 0 Å². The molecule has 0 saturated carbocycles. The lowest BCUT2D eigenvalue weighted by Gasteiger charge is -2.34. The van der Waals surface area contributed by atoms with Crippen molar-refractivity contribution >= 4 is 0 Å². The molecule has 0 nitrogen and oxygen atoms in total. The van der Waals surface area contributed by atoms with Crippen molar-refractivity contribution in [3.63, 3.8) is 0 Å². The van der Waals surface area contributed by atoms with Crippen LogP contribution in [0.2, 0.25) is 0 Å². The van der Waals surface area contributed by atoms with Crippen LogP contribution in [0.25, 0.3) is 0 Å². The van der Waals surface area contributed by atoms with Crippen LogP contribution in [-0.4, -0.2) is 0 Å². The molecular formula is C44H90. The zero-order valence-electron chi connectivity index (χ0n) is 36.1. The number of hydrogen-bond donors (Lipinski definition) is 0. The van der Waals surface area contributed by atoms with Crippen molar-refractivity contribution in [3.05, 3.63) is 35.9 Å². The van der Waals surface area contributed by atoms with Crippen molar-refractivity contribution < 1.29 is 0 Å². The van der Waals surface area contributed by atoms with Gasteiger partial charge in [-0.15, -0.1) is 0 Å². The van der Waals surface area contributed by atoms with Gasteiger partial charge in [-0.2, -0.15) is 0 Å². The van der Waals surface area contributed by atoms with E-state index in [1.165, 1.54) is 18.4 Å². The first kappa shape index (κ1) is 50.1. The molecule has 0 aromatic heterocycles. The van der Waals surface area contributed by atoms with Gasteiger partial charge in [-0.1, -0.05) is 210 Å². The summed E-state index contributed by atoms with van der Waals surface area (Å²) in [4.78, 5) is 0. The predicted octanol–water partition coefficient (Wildman–Crippen LogP) is 16.0. The lowest BCUT2D eigenvalue weighted by atomic mass is 9.71. The minimum Gasteiger partial charge on any atom is -0.0623 e. The maximum absolute atomic E-state index is 2.29. The zero-order valence-corrected chi connectivity index (χ0v) is 36.1. The summed E-state index contributed by atoms with van der Waals surface area (Å²) in [5.41, 5.74) is 5.15. The largest absolute Gasteiger partial charge is 0.0623 e. The molecule has 0 aliphatic heterocycles. The Morgan fingerprint density at radius 3 is 0.727 bits per heavy atom. The molecule has 0 N–H and O–H groups in total. The van der Waals surface area contributed by atoms with Crippen LogP contribution < -0.4 is 0 Å². The number of benzene rings is 1. The topological polar surface area (TPSA) is 0 Å². The molecule has 0 bridgehead atoms. The molecule has 0 atom stereocenters. The highest BCUT2D eigenvalue weighted by Gasteiger charge is 2.27. The van der Waals surface area contributed by atoms with Crippen LogP contribution in [0.3, 0.4) is 0 Å². The summed E-state index contributed by atoms with van der Waals surface area (Å²) in [7, 11) is 0. The summed E-state index contributed by atoms with van der Waals surface area (Å²) in [6.45, 7) is 59.2. The number of hydrogen-bond acceptors (Lipinski definition) is 0. The molecule has 0 spiro atoms. The molecule has 0 radical (unpaired) electrons. The van der Waals surface area contributed by atoms with Crippen molar-refractivity contribution in [1.82, 2.24) is 0 Å². The van der Waals surface area contributed by atoms with E-state index in [0.717, 1.165) is 12.3 Å². The van der Waals surface area contributed by atoms with Crippen LogP contribution >= 0.6 is 0 Å². The molecule has 0 aliphatic carbocycles. The Morgan fingerprint density at radius 1 is 0.386 bits per heavy atom. The van der Waals surface area contributed by atoms with E-state index in [1.807, 2.05) is 0 Å². The molecule has 0 heterocycles. The monoisotopic (exact) mass is 619 g/mol. The molecule has 0 fully saturated rings. The highest BCUT2D eigenvalue weighted by molar-refractivity contribution is 5.15. The number of rotatable bonds is 1. The maximum Gasteiger partial charge on any atom is -0.0230 e. The predicted molar refractivity (Wildman–Crippen MR) is 210 cm³/mol. The van der Waals surface area contributed by atoms with Crippen molar-refractivity contribution in [2.45, 2.75) is 199 Å². The van der Waals surface area contributed by atoms with Crippen molar-refractivity contribution in [2.75, 3.05) is 0 Å². The third kappa shape index (κ3) is 43.3. The molecular weight excluding hydrogens is 528 g/mol. The first-order chi connectivity index (χ1) is 18.7. The second-order valence-electron chi connectivity index (χ2n) is 22.8. The Bertz CT molecular complexity index is 731. The van der Waals surface area contributed by atoms with E-state index in [4.69, 9.17) is 0 Å². The van der Waals surface area contributed by atoms with Crippen LogP contribution in [0.15, 0.2) is 30.3 Å². The molecule has 44 heavy (non-hydrogen) atoms. The lowest BCUT2D eigenvalue weighted by Crippen LogP contribution is -2.25. The molecule has 0 unspecified atom stereocenters. The third-order valence-electron chi connectivity index (χ3n) is 7.68. The fraction of sp³-hybridized carbons (Fsp3) is 0.864. The zero-order chi connectivity index (χ0) is 36.8. The van der Waals surface area contributed by atoms with Gasteiger partial charge in [0.05, 0.1) is 0 Å². The SMILES string of the molecule is CC(C)(C)C(C)(C)C.CC(C)(C)CC(C)(C)C.CC(C)(C)CC(C)(C)C.CC(C)(C)Cc1ccccc1.CC(C)C(C)(C)C. The summed E-state index contributed by atoms with van der Waals surface area (Å²) in [5.74, 6) is 0.799. The minimum atomic E-state index is 0.404. The lowest BCUT2D eigenvalue weighted by molar-refractivity contribution is 0.157. The second kappa shape index (κ2) is 19.1. The summed E-state index contributed by atoms with van der Waals surface area (Å²) in [6.07, 6.45) is 3.74. The molecule has 0 amide bonds. The Kier molecular flexibility index (Phi) is 21.8. The first-order valence-electron chi connectivity index (χ1n) is 17.7. The summed E-state index contributed by atoms with van der Waals surface area (Å²) in [6, 6.07) is 10.6. The van der Waals surface area contributed by atoms with E-state index in [-0.39, 0.29) is 0 Å². The van der Waals surface area contributed by atoms with Gasteiger partial charge in [0.15, 0.2) is 0 Å². The summed E-state index contributed by atoms with van der Waals surface area (Å²) < 4.78 is 0. The Balaban J connectivity index is -0.000000229. The van der Waals surface area contributed by atoms with Gasteiger partial charge in [-0.3, -0.25) is 0 Å². The van der Waals surface area contributed by atoms with Gasteiger partial charge in [-0.05, 0) is 74.1 Å². The highest BCUT2D eigenvalue weighted by atomic mass is 14.3. The highest BCUT2D eigenvalue weighted by Crippen LogP contribution is 2.36. The second-order valence-corrected chi connectivity index (χ2v) is 22.8. The molecule has 1 rings (SSSR count). The fourth-order valence-electron chi connectivity index (χ4n) is 4.39. The first-order valence-corrected chi connectivity index (χ1v) is 17.7. The van der Waals surface area contributed by atoms with Gasteiger partial charge in [0.25, 0.3) is 0 Å². The minimum absolute atomic E-state index is 0.404. The average molecular weight is 619 g/mol. The van der Waals surface area contributed by atoms with Crippen LogP contribution in [0.5, 0.6) is 0 Å². The van der Waals surface area contributed by atoms with E-state index in [0.29, 0.717) is 43.3 Å². The normalized spacial score (nSPS) is 13.2. The fourth-order valence-corrected chi connectivity index (χ4v) is 4.39.